The molecule has 7 heteroatoms. The Labute approximate surface area is 178 Å². The number of pyridine rings is 1. The van der Waals surface area contributed by atoms with Gasteiger partial charge >= 0.3 is 0 Å². The minimum absolute atomic E-state index is 0.143. The van der Waals surface area contributed by atoms with E-state index in [0.717, 1.165) is 18.2 Å². The molecule has 2 aromatic carbocycles. The summed E-state index contributed by atoms with van der Waals surface area (Å²) in [7, 11) is 0. The molecule has 31 heavy (non-hydrogen) atoms. The van der Waals surface area contributed by atoms with Crippen LogP contribution in [-0.4, -0.2) is 34.9 Å². The average molecular weight is 413 g/mol. The zero-order chi connectivity index (χ0) is 21.1. The predicted molar refractivity (Wildman–Crippen MR) is 114 cm³/mol. The van der Waals surface area contributed by atoms with Crippen molar-refractivity contribution in [2.24, 2.45) is 11.8 Å². The molecule has 1 aromatic heterocycles. The first-order valence-electron chi connectivity index (χ1n) is 10.4. The Morgan fingerprint density at radius 3 is 2.32 bits per heavy atom. The molecule has 154 valence electrons. The molecule has 0 spiro atoms. The highest BCUT2D eigenvalue weighted by Gasteiger charge is 2.62. The van der Waals surface area contributed by atoms with Crippen LogP contribution in [0.15, 0.2) is 60.8 Å². The van der Waals surface area contributed by atoms with E-state index in [0.29, 0.717) is 22.5 Å². The van der Waals surface area contributed by atoms with Crippen LogP contribution in [0.2, 0.25) is 0 Å². The third-order valence-corrected chi connectivity index (χ3v) is 6.55. The van der Waals surface area contributed by atoms with Crippen molar-refractivity contribution in [2.75, 3.05) is 10.2 Å². The maximum absolute atomic E-state index is 12.9. The number of rotatable bonds is 3. The van der Waals surface area contributed by atoms with Crippen molar-refractivity contribution in [3.63, 3.8) is 0 Å². The van der Waals surface area contributed by atoms with Crippen molar-refractivity contribution < 1.29 is 19.1 Å². The van der Waals surface area contributed by atoms with Gasteiger partial charge in [0.1, 0.15) is 0 Å². The van der Waals surface area contributed by atoms with E-state index in [1.165, 1.54) is 4.90 Å². The highest BCUT2D eigenvalue weighted by molar-refractivity contribution is 6.23. The van der Waals surface area contributed by atoms with Gasteiger partial charge in [0.05, 0.1) is 40.9 Å². The Hall–Kier alpha value is -3.58. The van der Waals surface area contributed by atoms with Crippen LogP contribution < -0.4 is 10.2 Å². The van der Waals surface area contributed by atoms with E-state index in [1.54, 1.807) is 36.5 Å². The van der Waals surface area contributed by atoms with E-state index >= 15 is 0 Å². The SMILES string of the molecule is O=C(Nc1cccc2cccnc12)c1ccc(N2C(=O)C3C(C2=O)[C@H]2CC[C@@H]3O2)cc1. The van der Waals surface area contributed by atoms with Gasteiger partial charge in [-0.15, -0.1) is 0 Å². The lowest BCUT2D eigenvalue weighted by atomic mass is 9.81. The number of benzene rings is 2. The molecule has 3 amide bonds. The van der Waals surface area contributed by atoms with Gasteiger partial charge in [0.2, 0.25) is 11.8 Å². The number of ether oxygens (including phenoxy) is 1. The molecule has 2 unspecified atom stereocenters. The second-order valence-corrected chi connectivity index (χ2v) is 8.24. The monoisotopic (exact) mass is 413 g/mol. The van der Waals surface area contributed by atoms with Gasteiger partial charge in [-0.05, 0) is 49.2 Å². The summed E-state index contributed by atoms with van der Waals surface area (Å²) in [6.45, 7) is 0. The van der Waals surface area contributed by atoms with E-state index in [-0.39, 0.29) is 41.8 Å². The van der Waals surface area contributed by atoms with Crippen LogP contribution in [0.1, 0.15) is 23.2 Å². The number of aromatic nitrogens is 1. The van der Waals surface area contributed by atoms with Gasteiger partial charge in [-0.1, -0.05) is 18.2 Å². The van der Waals surface area contributed by atoms with Crippen molar-refractivity contribution in [2.45, 2.75) is 25.0 Å². The molecular formula is C24H19N3O4. The Bertz CT molecular complexity index is 1210. The van der Waals surface area contributed by atoms with Crippen LogP contribution in [0.5, 0.6) is 0 Å². The van der Waals surface area contributed by atoms with Gasteiger partial charge < -0.3 is 10.1 Å². The molecule has 0 saturated carbocycles. The smallest absolute Gasteiger partial charge is 0.255 e. The molecule has 6 rings (SSSR count). The molecule has 3 aliphatic rings. The molecule has 4 heterocycles. The number of nitrogens with zero attached hydrogens (tertiary/aromatic N) is 2. The second kappa shape index (κ2) is 6.72. The van der Waals surface area contributed by atoms with E-state index in [2.05, 4.69) is 10.3 Å². The molecule has 3 aliphatic heterocycles. The Balaban J connectivity index is 1.24. The quantitative estimate of drug-likeness (QED) is 0.667. The van der Waals surface area contributed by atoms with E-state index in [1.807, 2.05) is 24.3 Å². The van der Waals surface area contributed by atoms with Gasteiger partial charge in [0.15, 0.2) is 0 Å². The first-order valence-corrected chi connectivity index (χ1v) is 10.4. The first-order chi connectivity index (χ1) is 15.1. The summed E-state index contributed by atoms with van der Waals surface area (Å²) in [6.07, 6.45) is 3.07. The third-order valence-electron chi connectivity index (χ3n) is 6.55. The topological polar surface area (TPSA) is 88.6 Å². The van der Waals surface area contributed by atoms with Crippen LogP contribution in [0.4, 0.5) is 11.4 Å². The van der Waals surface area contributed by atoms with Crippen molar-refractivity contribution in [1.29, 1.82) is 0 Å². The number of anilines is 2. The summed E-state index contributed by atoms with van der Waals surface area (Å²) in [5.74, 6) is -1.41. The summed E-state index contributed by atoms with van der Waals surface area (Å²) >= 11 is 0. The predicted octanol–water partition coefficient (Wildman–Crippen LogP) is 3.15. The fourth-order valence-corrected chi connectivity index (χ4v) is 5.13. The molecule has 3 aromatic rings. The normalized spacial score (nSPS) is 26.5. The lowest BCUT2D eigenvalue weighted by Gasteiger charge is -2.17. The standard InChI is InChI=1S/C24H19N3O4/c28-22(26-16-5-1-3-13-4-2-12-25-21(13)16)14-6-8-15(9-7-14)27-23(29)19-17-10-11-18(31-17)20(19)24(27)30/h1-9,12,17-20H,10-11H2,(H,26,28)/t17-,18+,19?,20?. The Kier molecular flexibility index (Phi) is 3.94. The number of hydrogen-bond acceptors (Lipinski definition) is 5. The Morgan fingerprint density at radius 1 is 0.935 bits per heavy atom. The fraction of sp³-hybridized carbons (Fsp3) is 0.250. The number of nitrogens with one attached hydrogen (secondary N) is 1. The second-order valence-electron chi connectivity index (χ2n) is 8.24. The summed E-state index contributed by atoms with van der Waals surface area (Å²) in [6, 6.07) is 15.9. The minimum atomic E-state index is -0.368. The van der Waals surface area contributed by atoms with Gasteiger partial charge in [-0.3, -0.25) is 19.4 Å². The van der Waals surface area contributed by atoms with Gasteiger partial charge in [0, 0.05) is 17.1 Å². The fourth-order valence-electron chi connectivity index (χ4n) is 5.13. The molecular weight excluding hydrogens is 394 g/mol. The molecule has 4 atom stereocenters. The van der Waals surface area contributed by atoms with Gasteiger partial charge in [-0.25, -0.2) is 4.90 Å². The summed E-state index contributed by atoms with van der Waals surface area (Å²) in [5, 5.41) is 3.83. The first kappa shape index (κ1) is 18.2. The zero-order valence-electron chi connectivity index (χ0n) is 16.5. The van der Waals surface area contributed by atoms with Crippen LogP contribution in [0, 0.1) is 11.8 Å². The van der Waals surface area contributed by atoms with Crippen molar-refractivity contribution >= 4 is 40.0 Å². The third kappa shape index (κ3) is 2.70. The number of carbonyl (C=O) groups is 3. The number of amides is 3. The summed E-state index contributed by atoms with van der Waals surface area (Å²) < 4.78 is 5.78. The highest BCUT2D eigenvalue weighted by atomic mass is 16.5. The Morgan fingerprint density at radius 2 is 1.61 bits per heavy atom. The van der Waals surface area contributed by atoms with Crippen LogP contribution in [-0.2, 0) is 14.3 Å². The lowest BCUT2D eigenvalue weighted by Crippen LogP contribution is -2.34. The largest absolute Gasteiger partial charge is 0.373 e. The molecule has 3 fully saturated rings. The molecule has 0 aliphatic carbocycles. The number of hydrogen-bond donors (Lipinski definition) is 1. The average Bonchev–Trinajstić information content (AvgIpc) is 3.48. The molecule has 7 nitrogen and oxygen atoms in total. The zero-order valence-corrected chi connectivity index (χ0v) is 16.5. The number of para-hydroxylation sites is 1. The summed E-state index contributed by atoms with van der Waals surface area (Å²) in [4.78, 5) is 44.2. The number of imide groups is 1. The van der Waals surface area contributed by atoms with Crippen LogP contribution >= 0.6 is 0 Å². The van der Waals surface area contributed by atoms with E-state index in [9.17, 15) is 14.4 Å². The van der Waals surface area contributed by atoms with Crippen LogP contribution in [0.25, 0.3) is 10.9 Å². The van der Waals surface area contributed by atoms with Crippen molar-refractivity contribution in [1.82, 2.24) is 4.98 Å². The maximum Gasteiger partial charge on any atom is 0.255 e. The van der Waals surface area contributed by atoms with E-state index in [4.69, 9.17) is 4.74 Å². The van der Waals surface area contributed by atoms with Crippen molar-refractivity contribution in [3.05, 3.63) is 66.4 Å². The van der Waals surface area contributed by atoms with Gasteiger partial charge in [0.25, 0.3) is 5.91 Å². The molecule has 0 radical (unpaired) electrons. The van der Waals surface area contributed by atoms with E-state index < -0.39 is 0 Å². The van der Waals surface area contributed by atoms with Gasteiger partial charge in [-0.2, -0.15) is 0 Å². The van der Waals surface area contributed by atoms with Crippen LogP contribution in [0.3, 0.4) is 0 Å². The molecule has 1 N–H and O–H groups in total. The number of carbonyl (C=O) groups excluding carboxylic acids is 3. The number of fused-ring (bicyclic) bond motifs is 6. The lowest BCUT2D eigenvalue weighted by molar-refractivity contribution is -0.124. The maximum atomic E-state index is 12.9. The minimum Gasteiger partial charge on any atom is -0.373 e. The molecule has 3 saturated heterocycles. The van der Waals surface area contributed by atoms with Crippen molar-refractivity contribution in [3.8, 4) is 0 Å². The molecule has 2 bridgehead atoms. The highest BCUT2D eigenvalue weighted by Crippen LogP contribution is 2.49. The summed E-state index contributed by atoms with van der Waals surface area (Å²) in [5.41, 5.74) is 2.26.